The first kappa shape index (κ1) is 38.0. The van der Waals surface area contributed by atoms with Crippen LogP contribution in [0, 0.1) is 5.92 Å². The lowest BCUT2D eigenvalue weighted by atomic mass is 9.94. The molecule has 2 aromatic heterocycles. The van der Waals surface area contributed by atoms with Crippen LogP contribution in [-0.2, 0) is 32.6 Å². The van der Waals surface area contributed by atoms with Crippen molar-refractivity contribution >= 4 is 61.8 Å². The molecule has 4 amide bonds. The van der Waals surface area contributed by atoms with Crippen LogP contribution < -0.4 is 24.6 Å². The number of rotatable bonds is 10. The SMILES string of the molecule is O=C1CCC(N2C(=O)c3cccc(N4CCC(CN5CCN(c6cccc(S(=O)(=O)Nc7noc8cc(Cn9cccn9)c9c(c78)OCC9)c6)CC5)CC4)c3C2=O)C(=O)N1. The van der Waals surface area contributed by atoms with Gasteiger partial charge in [-0.1, -0.05) is 17.3 Å². The molecule has 7 heterocycles. The number of sulfonamides is 1. The number of carbonyl (C=O) groups is 4. The number of carbonyl (C=O) groups excluding carboxylic acids is 4. The molecule has 5 aromatic rings. The van der Waals surface area contributed by atoms with E-state index in [0.29, 0.717) is 59.0 Å². The summed E-state index contributed by atoms with van der Waals surface area (Å²) in [4.78, 5) is 59.3. The number of piperazine rings is 1. The molecule has 60 heavy (non-hydrogen) atoms. The molecule has 310 valence electrons. The predicted molar refractivity (Wildman–Crippen MR) is 218 cm³/mol. The summed E-state index contributed by atoms with van der Waals surface area (Å²) in [7, 11) is -4.03. The van der Waals surface area contributed by atoms with E-state index in [1.807, 2.05) is 35.1 Å². The molecule has 5 aliphatic rings. The summed E-state index contributed by atoms with van der Waals surface area (Å²) in [5.41, 5.74) is 4.55. The number of anilines is 3. The van der Waals surface area contributed by atoms with E-state index in [1.54, 1.807) is 36.5 Å². The van der Waals surface area contributed by atoms with E-state index >= 15 is 0 Å². The van der Waals surface area contributed by atoms with Crippen molar-refractivity contribution in [3.05, 3.63) is 89.2 Å². The fourth-order valence-electron chi connectivity index (χ4n) is 9.34. The van der Waals surface area contributed by atoms with E-state index in [0.717, 1.165) is 80.4 Å². The molecule has 18 heteroatoms. The van der Waals surface area contributed by atoms with Crippen molar-refractivity contribution in [1.82, 2.24) is 30.1 Å². The fourth-order valence-corrected chi connectivity index (χ4v) is 10.4. The third-order valence-electron chi connectivity index (χ3n) is 12.4. The number of fused-ring (bicyclic) bond motifs is 4. The quantitative estimate of drug-likeness (QED) is 0.195. The number of hydrogen-bond acceptors (Lipinski definition) is 13. The molecular weight excluding hydrogens is 791 g/mol. The number of benzene rings is 3. The van der Waals surface area contributed by atoms with Gasteiger partial charge in [-0.15, -0.1) is 0 Å². The Bertz CT molecular complexity index is 2650. The zero-order chi connectivity index (χ0) is 41.1. The Morgan fingerprint density at radius 3 is 2.47 bits per heavy atom. The standard InChI is InChI=1S/C42H43N9O8S/c52-35-9-8-33(40(53)44-35)51-41(54)31-6-2-7-32(36(31)42(51)55)49-15-10-26(11-16-49)24-47-17-19-48(20-18-47)28-4-1-5-29(23-28)60(56,57)46-39-37-34(59-45-39)22-27(25-50-14-3-13-43-50)30-12-21-58-38(30)37/h1-7,13-14,22-23,26,33H,8-12,15-21,24-25H2,(H,45,46)(H,44,52,53). The Hall–Kier alpha value is -6.27. The van der Waals surface area contributed by atoms with Gasteiger partial charge in [0.2, 0.25) is 11.8 Å². The maximum absolute atomic E-state index is 13.8. The first-order chi connectivity index (χ1) is 29.1. The Morgan fingerprint density at radius 1 is 0.867 bits per heavy atom. The average Bonchev–Trinajstić information content (AvgIpc) is 4.07. The molecule has 0 spiro atoms. The van der Waals surface area contributed by atoms with Crippen LogP contribution in [0.25, 0.3) is 11.0 Å². The number of hydrogen-bond donors (Lipinski definition) is 2. The summed E-state index contributed by atoms with van der Waals surface area (Å²) in [6, 6.07) is 15.0. The number of amides is 4. The Labute approximate surface area is 345 Å². The second kappa shape index (κ2) is 15.1. The molecule has 3 fully saturated rings. The second-order valence-electron chi connectivity index (χ2n) is 16.0. The third-order valence-corrected chi connectivity index (χ3v) is 13.8. The number of imide groups is 2. The zero-order valence-corrected chi connectivity index (χ0v) is 33.5. The summed E-state index contributed by atoms with van der Waals surface area (Å²) in [6.45, 7) is 6.52. The molecule has 3 saturated heterocycles. The minimum Gasteiger partial charge on any atom is -0.492 e. The fraction of sp³-hybridized carbons (Fsp3) is 0.381. The van der Waals surface area contributed by atoms with E-state index in [-0.39, 0.29) is 23.6 Å². The van der Waals surface area contributed by atoms with Gasteiger partial charge in [0.25, 0.3) is 21.8 Å². The van der Waals surface area contributed by atoms with Gasteiger partial charge < -0.3 is 19.1 Å². The van der Waals surface area contributed by atoms with Crippen LogP contribution in [0.4, 0.5) is 17.2 Å². The normalized spacial score (nSPS) is 20.1. The highest BCUT2D eigenvalue weighted by molar-refractivity contribution is 7.92. The first-order valence-electron chi connectivity index (χ1n) is 20.4. The van der Waals surface area contributed by atoms with Crippen molar-refractivity contribution in [1.29, 1.82) is 0 Å². The molecule has 0 aliphatic carbocycles. The monoisotopic (exact) mass is 833 g/mol. The van der Waals surface area contributed by atoms with Gasteiger partial charge in [-0.25, -0.2) is 8.42 Å². The molecule has 3 aromatic carbocycles. The van der Waals surface area contributed by atoms with Gasteiger partial charge >= 0.3 is 0 Å². The molecule has 0 bridgehead atoms. The molecule has 0 radical (unpaired) electrons. The molecule has 2 N–H and O–H groups in total. The van der Waals surface area contributed by atoms with E-state index < -0.39 is 39.7 Å². The van der Waals surface area contributed by atoms with Gasteiger partial charge in [0.1, 0.15) is 17.2 Å². The van der Waals surface area contributed by atoms with Crippen LogP contribution in [0.3, 0.4) is 0 Å². The minimum atomic E-state index is -4.03. The van der Waals surface area contributed by atoms with E-state index in [1.165, 1.54) is 0 Å². The molecular formula is C42H43N9O8S. The van der Waals surface area contributed by atoms with Crippen molar-refractivity contribution in [2.45, 2.75) is 49.6 Å². The lowest BCUT2D eigenvalue weighted by Gasteiger charge is -2.40. The van der Waals surface area contributed by atoms with Gasteiger partial charge in [-0.3, -0.25) is 43.7 Å². The Balaban J connectivity index is 0.750. The molecule has 17 nitrogen and oxygen atoms in total. The van der Waals surface area contributed by atoms with Gasteiger partial charge in [-0.05, 0) is 73.2 Å². The van der Waals surface area contributed by atoms with Gasteiger partial charge in [0, 0.05) is 82.3 Å². The lowest BCUT2D eigenvalue weighted by molar-refractivity contribution is -0.136. The minimum absolute atomic E-state index is 0.0755. The summed E-state index contributed by atoms with van der Waals surface area (Å²) in [6.07, 6.45) is 6.31. The Morgan fingerprint density at radius 2 is 1.68 bits per heavy atom. The van der Waals surface area contributed by atoms with Crippen LogP contribution in [0.5, 0.6) is 5.75 Å². The molecule has 10 rings (SSSR count). The van der Waals surface area contributed by atoms with Crippen molar-refractivity contribution in [2.75, 3.05) is 66.9 Å². The number of nitrogens with one attached hydrogen (secondary N) is 2. The Kier molecular flexibility index (Phi) is 9.54. The van der Waals surface area contributed by atoms with Gasteiger partial charge in [0.15, 0.2) is 11.4 Å². The van der Waals surface area contributed by atoms with Crippen LogP contribution in [-0.4, -0.2) is 115 Å². The summed E-state index contributed by atoms with van der Waals surface area (Å²) in [5, 5.41) is 11.2. The predicted octanol–water partition coefficient (Wildman–Crippen LogP) is 3.25. The largest absolute Gasteiger partial charge is 0.492 e. The average molecular weight is 834 g/mol. The number of piperidine rings is 2. The van der Waals surface area contributed by atoms with Crippen LogP contribution >= 0.6 is 0 Å². The van der Waals surface area contributed by atoms with Crippen molar-refractivity contribution < 1.29 is 36.9 Å². The molecule has 5 aliphatic heterocycles. The van der Waals surface area contributed by atoms with E-state index in [9.17, 15) is 27.6 Å². The van der Waals surface area contributed by atoms with E-state index in [2.05, 4.69) is 35.0 Å². The summed E-state index contributed by atoms with van der Waals surface area (Å²) >= 11 is 0. The molecule has 0 saturated carbocycles. The maximum atomic E-state index is 13.8. The lowest BCUT2D eigenvalue weighted by Crippen LogP contribution is -2.54. The second-order valence-corrected chi connectivity index (χ2v) is 17.7. The van der Waals surface area contributed by atoms with Crippen molar-refractivity contribution in [3.8, 4) is 5.75 Å². The smallest absolute Gasteiger partial charge is 0.264 e. The van der Waals surface area contributed by atoms with Crippen molar-refractivity contribution in [3.63, 3.8) is 0 Å². The van der Waals surface area contributed by atoms with Gasteiger partial charge in [-0.2, -0.15) is 5.10 Å². The van der Waals surface area contributed by atoms with Crippen LogP contribution in [0.15, 0.2) is 76.4 Å². The maximum Gasteiger partial charge on any atom is 0.264 e. The molecule has 1 unspecified atom stereocenters. The van der Waals surface area contributed by atoms with Crippen LogP contribution in [0.2, 0.25) is 0 Å². The zero-order valence-electron chi connectivity index (χ0n) is 32.7. The number of ether oxygens (including phenoxy) is 1. The summed E-state index contributed by atoms with van der Waals surface area (Å²) < 4.78 is 43.7. The van der Waals surface area contributed by atoms with E-state index in [4.69, 9.17) is 9.26 Å². The highest BCUT2D eigenvalue weighted by Gasteiger charge is 2.46. The van der Waals surface area contributed by atoms with Crippen molar-refractivity contribution in [2.24, 2.45) is 5.92 Å². The topological polar surface area (TPSA) is 193 Å². The first-order valence-corrected chi connectivity index (χ1v) is 21.8. The summed E-state index contributed by atoms with van der Waals surface area (Å²) in [5.74, 6) is -0.890. The molecule has 1 atom stereocenters. The number of nitrogens with zero attached hydrogens (tertiary/aromatic N) is 7. The van der Waals surface area contributed by atoms with Crippen LogP contribution in [0.1, 0.15) is 57.5 Å². The highest BCUT2D eigenvalue weighted by atomic mass is 32.2. The highest BCUT2D eigenvalue weighted by Crippen LogP contribution is 2.42. The number of aromatic nitrogens is 3. The third kappa shape index (κ3) is 6.82. The van der Waals surface area contributed by atoms with Gasteiger partial charge in [0.05, 0.1) is 34.9 Å².